The normalized spacial score (nSPS) is 12.0. The molecule has 5 heteroatoms. The number of unbranched alkanes of at least 4 members (excludes halogenated alkanes) is 21. The minimum atomic E-state index is -3.98. The van der Waals surface area contributed by atoms with E-state index in [9.17, 15) is 13.0 Å². The van der Waals surface area contributed by atoms with E-state index in [2.05, 4.69) is 34.6 Å². The van der Waals surface area contributed by atoms with Gasteiger partial charge in [-0.3, -0.25) is 0 Å². The van der Waals surface area contributed by atoms with E-state index >= 15 is 0 Å². The lowest BCUT2D eigenvalue weighted by atomic mass is 10.1. The molecule has 0 aliphatic carbocycles. The number of quaternary nitrogens is 1. The standard InChI is InChI=1S/C24H52N.C12H26O3S/c1-5-9-13-17-21-25(22-18-14-10-6-2,23-19-15-11-7-3)24-20-16-12-8-4;1-2-3-4-5-6-7-8-9-10-11-12-16(13,14)15/h5-24H2,1-4H3;2-12H2,1H3,(H,13,14,15)/q+1;/p-1. The van der Waals surface area contributed by atoms with Crippen molar-refractivity contribution in [3.05, 3.63) is 0 Å². The summed E-state index contributed by atoms with van der Waals surface area (Å²) in [5, 5.41) is 0. The monoisotopic (exact) mass is 604 g/mol. The Balaban J connectivity index is 0. The molecule has 0 unspecified atom stereocenters. The summed E-state index contributed by atoms with van der Waals surface area (Å²) in [5.74, 6) is -0.191. The van der Waals surface area contributed by atoms with Crippen molar-refractivity contribution in [3.8, 4) is 0 Å². The van der Waals surface area contributed by atoms with Crippen LogP contribution in [-0.2, 0) is 10.1 Å². The van der Waals surface area contributed by atoms with E-state index in [1.54, 1.807) is 0 Å². The van der Waals surface area contributed by atoms with E-state index in [0.29, 0.717) is 6.42 Å². The lowest BCUT2D eigenvalue weighted by Gasteiger charge is -2.39. The molecule has 0 aromatic carbocycles. The number of hydrogen-bond donors (Lipinski definition) is 0. The van der Waals surface area contributed by atoms with E-state index in [-0.39, 0.29) is 5.75 Å². The largest absolute Gasteiger partial charge is 0.748 e. The first-order chi connectivity index (χ1) is 19.8. The topological polar surface area (TPSA) is 57.2 Å². The van der Waals surface area contributed by atoms with Crippen molar-refractivity contribution in [2.45, 2.75) is 202 Å². The van der Waals surface area contributed by atoms with E-state index in [0.717, 1.165) is 12.8 Å². The van der Waals surface area contributed by atoms with E-state index < -0.39 is 10.1 Å². The molecule has 0 radical (unpaired) electrons. The first-order valence-electron chi connectivity index (χ1n) is 18.6. The zero-order valence-corrected chi connectivity index (χ0v) is 29.8. The SMILES string of the molecule is CCCCCCCCCCCCS(=O)(=O)[O-].CCCCCC[N+](CCCCCC)(CCCCCC)CCCCCC. The second-order valence-corrected chi connectivity index (χ2v) is 14.4. The number of hydrogen-bond acceptors (Lipinski definition) is 3. The Bertz CT molecular complexity index is 540. The van der Waals surface area contributed by atoms with Crippen LogP contribution >= 0.6 is 0 Å². The Kier molecular flexibility index (Phi) is 34.4. The van der Waals surface area contributed by atoms with Crippen molar-refractivity contribution >= 4 is 10.1 Å². The Morgan fingerprint density at radius 2 is 0.585 bits per heavy atom. The van der Waals surface area contributed by atoms with Crippen LogP contribution in [0, 0.1) is 0 Å². The fourth-order valence-corrected chi connectivity index (χ4v) is 6.49. The quantitative estimate of drug-likeness (QED) is 0.0450. The average molecular weight is 604 g/mol. The summed E-state index contributed by atoms with van der Waals surface area (Å²) >= 11 is 0. The molecule has 0 aliphatic rings. The summed E-state index contributed by atoms with van der Waals surface area (Å²) in [7, 11) is -3.98. The third-order valence-electron chi connectivity index (χ3n) is 8.69. The van der Waals surface area contributed by atoms with Gasteiger partial charge in [0.2, 0.25) is 0 Å². The van der Waals surface area contributed by atoms with Gasteiger partial charge < -0.3 is 9.04 Å². The Morgan fingerprint density at radius 3 is 0.829 bits per heavy atom. The van der Waals surface area contributed by atoms with Crippen molar-refractivity contribution < 1.29 is 17.5 Å². The third kappa shape index (κ3) is 34.2. The Labute approximate surface area is 260 Å². The minimum absolute atomic E-state index is 0.191. The van der Waals surface area contributed by atoms with Gasteiger partial charge in [-0.15, -0.1) is 0 Å². The molecule has 41 heavy (non-hydrogen) atoms. The fraction of sp³-hybridized carbons (Fsp3) is 1.00. The van der Waals surface area contributed by atoms with Gasteiger partial charge in [0.25, 0.3) is 0 Å². The van der Waals surface area contributed by atoms with Crippen LogP contribution in [0.25, 0.3) is 0 Å². The van der Waals surface area contributed by atoms with Gasteiger partial charge in [-0.05, 0) is 57.8 Å². The highest BCUT2D eigenvalue weighted by Gasteiger charge is 2.25. The summed E-state index contributed by atoms with van der Waals surface area (Å²) in [6.45, 7) is 17.4. The highest BCUT2D eigenvalue weighted by atomic mass is 32.2. The minimum Gasteiger partial charge on any atom is -0.748 e. The molecule has 0 heterocycles. The molecule has 0 rings (SSSR count). The van der Waals surface area contributed by atoms with Gasteiger partial charge in [0, 0.05) is 5.75 Å². The van der Waals surface area contributed by atoms with Crippen LogP contribution in [-0.4, -0.2) is 49.4 Å². The van der Waals surface area contributed by atoms with Gasteiger partial charge in [0.15, 0.2) is 0 Å². The Morgan fingerprint density at radius 1 is 0.366 bits per heavy atom. The van der Waals surface area contributed by atoms with Gasteiger partial charge in [-0.25, -0.2) is 8.42 Å². The smallest absolute Gasteiger partial charge is 0.0945 e. The molecule has 0 atom stereocenters. The highest BCUT2D eigenvalue weighted by molar-refractivity contribution is 7.85. The van der Waals surface area contributed by atoms with Crippen LogP contribution in [0.2, 0.25) is 0 Å². The lowest BCUT2D eigenvalue weighted by Crippen LogP contribution is -2.50. The maximum Gasteiger partial charge on any atom is 0.0945 e. The van der Waals surface area contributed by atoms with E-state index in [1.807, 2.05) is 0 Å². The second-order valence-electron chi connectivity index (χ2n) is 12.9. The van der Waals surface area contributed by atoms with Crippen LogP contribution in [0.5, 0.6) is 0 Å². The molecule has 0 spiro atoms. The average Bonchev–Trinajstić information content (AvgIpc) is 2.95. The molecule has 0 aromatic heterocycles. The van der Waals surface area contributed by atoms with Crippen molar-refractivity contribution in [2.24, 2.45) is 0 Å². The van der Waals surface area contributed by atoms with Crippen molar-refractivity contribution in [3.63, 3.8) is 0 Å². The predicted octanol–water partition coefficient (Wildman–Crippen LogP) is 11.6. The molecular weight excluding hydrogens is 526 g/mol. The van der Waals surface area contributed by atoms with Crippen LogP contribution in [0.15, 0.2) is 0 Å². The molecule has 0 amide bonds. The Hall–Kier alpha value is -0.130. The maximum absolute atomic E-state index is 10.3. The van der Waals surface area contributed by atoms with Crippen LogP contribution in [0.3, 0.4) is 0 Å². The van der Waals surface area contributed by atoms with E-state index in [1.165, 1.54) is 178 Å². The fourth-order valence-electron chi connectivity index (χ4n) is 5.93. The first-order valence-corrected chi connectivity index (χ1v) is 20.2. The van der Waals surface area contributed by atoms with Crippen LogP contribution in [0.1, 0.15) is 202 Å². The summed E-state index contributed by atoms with van der Waals surface area (Å²) in [4.78, 5) is 0. The molecule has 0 aliphatic heterocycles. The van der Waals surface area contributed by atoms with Gasteiger partial charge in [-0.2, -0.15) is 0 Å². The summed E-state index contributed by atoms with van der Waals surface area (Å²) in [6, 6.07) is 0. The van der Waals surface area contributed by atoms with Crippen LogP contribution in [0.4, 0.5) is 0 Å². The molecule has 0 saturated carbocycles. The van der Waals surface area contributed by atoms with Crippen molar-refractivity contribution in [1.29, 1.82) is 0 Å². The third-order valence-corrected chi connectivity index (χ3v) is 9.48. The molecule has 250 valence electrons. The molecule has 0 aromatic rings. The lowest BCUT2D eigenvalue weighted by molar-refractivity contribution is -0.929. The first kappa shape index (κ1) is 43.0. The highest BCUT2D eigenvalue weighted by Crippen LogP contribution is 2.19. The van der Waals surface area contributed by atoms with Gasteiger partial charge >= 0.3 is 0 Å². The summed E-state index contributed by atoms with van der Waals surface area (Å²) < 4.78 is 32.4. The summed E-state index contributed by atoms with van der Waals surface area (Å²) in [5.41, 5.74) is 0. The van der Waals surface area contributed by atoms with Gasteiger partial charge in [0.1, 0.15) is 0 Å². The summed E-state index contributed by atoms with van der Waals surface area (Å²) in [6.07, 6.45) is 34.3. The second kappa shape index (κ2) is 32.8. The van der Waals surface area contributed by atoms with E-state index in [4.69, 9.17) is 0 Å². The van der Waals surface area contributed by atoms with Crippen LogP contribution < -0.4 is 0 Å². The zero-order valence-electron chi connectivity index (χ0n) is 29.0. The van der Waals surface area contributed by atoms with Crippen molar-refractivity contribution in [2.75, 3.05) is 31.9 Å². The molecular formula is C36H77NO3S. The molecule has 0 N–H and O–H groups in total. The van der Waals surface area contributed by atoms with Gasteiger partial charge in [0.05, 0.1) is 36.3 Å². The number of rotatable bonds is 31. The van der Waals surface area contributed by atoms with Gasteiger partial charge in [-0.1, -0.05) is 144 Å². The zero-order chi connectivity index (χ0) is 30.9. The molecule has 4 nitrogen and oxygen atoms in total. The van der Waals surface area contributed by atoms with Crippen molar-refractivity contribution in [1.82, 2.24) is 0 Å². The maximum atomic E-state index is 10.3. The predicted molar refractivity (Wildman–Crippen MR) is 183 cm³/mol. The molecule has 0 fully saturated rings. The number of nitrogens with zero attached hydrogens (tertiary/aromatic N) is 1. The molecule has 0 bridgehead atoms. The molecule has 0 saturated heterocycles.